The summed E-state index contributed by atoms with van der Waals surface area (Å²) in [5, 5.41) is 8.04. The monoisotopic (exact) mass is 350 g/mol. The zero-order valence-electron chi connectivity index (χ0n) is 12.7. The van der Waals surface area contributed by atoms with Crippen molar-refractivity contribution < 1.29 is 18.3 Å². The summed E-state index contributed by atoms with van der Waals surface area (Å²) >= 11 is 0.975. The Kier molecular flexibility index (Phi) is 4.26. The molecule has 0 aliphatic carbocycles. The first-order chi connectivity index (χ1) is 11.5. The lowest BCUT2D eigenvalue weighted by Gasteiger charge is -2.05. The molecule has 124 valence electrons. The van der Waals surface area contributed by atoms with Crippen LogP contribution in [-0.2, 0) is 7.05 Å². The molecule has 1 amide bonds. The third-order valence-electron chi connectivity index (χ3n) is 3.16. The van der Waals surface area contributed by atoms with Gasteiger partial charge in [-0.2, -0.15) is 5.10 Å². The van der Waals surface area contributed by atoms with Gasteiger partial charge < -0.3 is 10.1 Å². The molecule has 2 aromatic heterocycles. The van der Waals surface area contributed by atoms with Gasteiger partial charge in [0, 0.05) is 30.8 Å². The van der Waals surface area contributed by atoms with Crippen molar-refractivity contribution in [3.63, 3.8) is 0 Å². The second-order valence-corrected chi connectivity index (χ2v) is 5.72. The number of nitrogens with zero attached hydrogens (tertiary/aromatic N) is 3. The molecule has 24 heavy (non-hydrogen) atoms. The van der Waals surface area contributed by atoms with Crippen LogP contribution in [-0.4, -0.2) is 27.8 Å². The SMILES string of the molecule is COc1cc(F)c(-c2nc(C(=O)Nc3cnn(C)c3)cs2)c(F)c1. The predicted molar refractivity (Wildman–Crippen MR) is 85.2 cm³/mol. The van der Waals surface area contributed by atoms with Gasteiger partial charge in [-0.25, -0.2) is 13.8 Å². The van der Waals surface area contributed by atoms with Crippen molar-refractivity contribution in [2.24, 2.45) is 7.05 Å². The average Bonchev–Trinajstić information content (AvgIpc) is 3.16. The molecule has 0 aliphatic heterocycles. The smallest absolute Gasteiger partial charge is 0.275 e. The molecule has 0 radical (unpaired) electrons. The molecular formula is C15H12F2N4O2S. The highest BCUT2D eigenvalue weighted by Crippen LogP contribution is 2.32. The van der Waals surface area contributed by atoms with Crippen LogP contribution in [0.5, 0.6) is 5.75 Å². The molecule has 0 spiro atoms. The number of hydrogen-bond donors (Lipinski definition) is 1. The summed E-state index contributed by atoms with van der Waals surface area (Å²) in [4.78, 5) is 16.1. The van der Waals surface area contributed by atoms with Crippen LogP contribution in [0.2, 0.25) is 0 Å². The minimum atomic E-state index is -0.805. The Morgan fingerprint density at radius 2 is 2.04 bits per heavy atom. The first-order valence-corrected chi connectivity index (χ1v) is 7.65. The molecule has 1 N–H and O–H groups in total. The molecule has 0 aliphatic rings. The minimum absolute atomic E-state index is 0.0634. The molecule has 0 atom stereocenters. The van der Waals surface area contributed by atoms with Gasteiger partial charge in [0.2, 0.25) is 0 Å². The summed E-state index contributed by atoms with van der Waals surface area (Å²) in [5.74, 6) is -2.03. The van der Waals surface area contributed by atoms with E-state index in [1.165, 1.54) is 23.4 Å². The van der Waals surface area contributed by atoms with E-state index in [1.54, 1.807) is 13.2 Å². The van der Waals surface area contributed by atoms with E-state index in [-0.39, 0.29) is 22.0 Å². The van der Waals surface area contributed by atoms with Gasteiger partial charge in [0.05, 0.1) is 24.6 Å². The van der Waals surface area contributed by atoms with Gasteiger partial charge in [-0.1, -0.05) is 0 Å². The van der Waals surface area contributed by atoms with Crippen molar-refractivity contribution >= 4 is 22.9 Å². The zero-order chi connectivity index (χ0) is 17.3. The van der Waals surface area contributed by atoms with Crippen molar-refractivity contribution in [3.05, 3.63) is 47.2 Å². The number of aromatic nitrogens is 3. The lowest BCUT2D eigenvalue weighted by Crippen LogP contribution is -2.11. The number of methoxy groups -OCH3 is 1. The average molecular weight is 350 g/mol. The molecule has 2 heterocycles. The molecule has 6 nitrogen and oxygen atoms in total. The molecule has 0 bridgehead atoms. The molecule has 0 saturated heterocycles. The van der Waals surface area contributed by atoms with E-state index in [9.17, 15) is 13.6 Å². The van der Waals surface area contributed by atoms with Crippen LogP contribution in [0, 0.1) is 11.6 Å². The van der Waals surface area contributed by atoms with Crippen LogP contribution >= 0.6 is 11.3 Å². The number of carbonyl (C=O) groups is 1. The fourth-order valence-electron chi connectivity index (χ4n) is 2.05. The summed E-state index contributed by atoms with van der Waals surface area (Å²) in [6, 6.07) is 2.13. The highest BCUT2D eigenvalue weighted by atomic mass is 32.1. The van der Waals surface area contributed by atoms with Crippen LogP contribution in [0.4, 0.5) is 14.5 Å². The quantitative estimate of drug-likeness (QED) is 0.785. The first-order valence-electron chi connectivity index (χ1n) is 6.77. The number of rotatable bonds is 4. The molecular weight excluding hydrogens is 338 g/mol. The van der Waals surface area contributed by atoms with E-state index >= 15 is 0 Å². The highest BCUT2D eigenvalue weighted by molar-refractivity contribution is 7.13. The van der Waals surface area contributed by atoms with Crippen molar-refractivity contribution in [3.8, 4) is 16.3 Å². The van der Waals surface area contributed by atoms with Crippen LogP contribution in [0.15, 0.2) is 29.9 Å². The second kappa shape index (κ2) is 6.36. The van der Waals surface area contributed by atoms with Crippen LogP contribution < -0.4 is 10.1 Å². The Hall–Kier alpha value is -2.81. The molecule has 0 unspecified atom stereocenters. The second-order valence-electron chi connectivity index (χ2n) is 4.86. The number of halogens is 2. The van der Waals surface area contributed by atoms with Gasteiger partial charge in [-0.3, -0.25) is 9.48 Å². The van der Waals surface area contributed by atoms with E-state index in [0.29, 0.717) is 5.69 Å². The maximum absolute atomic E-state index is 14.1. The summed E-state index contributed by atoms with van der Waals surface area (Å²) in [6.45, 7) is 0. The number of amides is 1. The number of anilines is 1. The fourth-order valence-corrected chi connectivity index (χ4v) is 2.89. The Balaban J connectivity index is 1.87. The van der Waals surface area contributed by atoms with Crippen molar-refractivity contribution in [1.29, 1.82) is 0 Å². The lowest BCUT2D eigenvalue weighted by molar-refractivity contribution is 0.102. The van der Waals surface area contributed by atoms with Crippen LogP contribution in [0.25, 0.3) is 10.6 Å². The molecule has 0 fully saturated rings. The summed E-state index contributed by atoms with van der Waals surface area (Å²) in [7, 11) is 3.03. The molecule has 3 aromatic rings. The number of carbonyl (C=O) groups excluding carboxylic acids is 1. The summed E-state index contributed by atoms with van der Waals surface area (Å²) in [6.07, 6.45) is 3.10. The van der Waals surface area contributed by atoms with E-state index < -0.39 is 17.5 Å². The summed E-state index contributed by atoms with van der Waals surface area (Å²) in [5.41, 5.74) is 0.272. The highest BCUT2D eigenvalue weighted by Gasteiger charge is 2.19. The first kappa shape index (κ1) is 16.1. The zero-order valence-corrected chi connectivity index (χ0v) is 13.5. The largest absolute Gasteiger partial charge is 0.497 e. The number of benzene rings is 1. The Labute approximate surface area is 139 Å². The van der Waals surface area contributed by atoms with E-state index in [1.807, 2.05) is 0 Å². The Morgan fingerprint density at radius 3 is 2.62 bits per heavy atom. The number of aryl methyl sites for hydroxylation is 1. The number of hydrogen-bond acceptors (Lipinski definition) is 5. The van der Waals surface area contributed by atoms with Gasteiger partial charge in [-0.05, 0) is 0 Å². The molecule has 0 saturated carbocycles. The number of ether oxygens (including phenoxy) is 1. The van der Waals surface area contributed by atoms with Crippen LogP contribution in [0.3, 0.4) is 0 Å². The van der Waals surface area contributed by atoms with E-state index in [4.69, 9.17) is 4.74 Å². The number of nitrogens with one attached hydrogen (secondary N) is 1. The van der Waals surface area contributed by atoms with Crippen molar-refractivity contribution in [1.82, 2.24) is 14.8 Å². The molecule has 3 rings (SSSR count). The normalized spacial score (nSPS) is 10.7. The van der Waals surface area contributed by atoms with Crippen LogP contribution in [0.1, 0.15) is 10.5 Å². The van der Waals surface area contributed by atoms with Gasteiger partial charge in [0.15, 0.2) is 0 Å². The topological polar surface area (TPSA) is 69.0 Å². The Bertz CT molecular complexity index is 884. The number of thiazole rings is 1. The maximum Gasteiger partial charge on any atom is 0.275 e. The van der Waals surface area contributed by atoms with E-state index in [0.717, 1.165) is 23.5 Å². The third-order valence-corrected chi connectivity index (χ3v) is 4.02. The third kappa shape index (κ3) is 3.11. The van der Waals surface area contributed by atoms with Gasteiger partial charge in [0.25, 0.3) is 5.91 Å². The molecule has 1 aromatic carbocycles. The fraction of sp³-hybridized carbons (Fsp3) is 0.133. The van der Waals surface area contributed by atoms with Gasteiger partial charge in [0.1, 0.15) is 28.1 Å². The summed E-state index contributed by atoms with van der Waals surface area (Å²) < 4.78 is 34.5. The maximum atomic E-state index is 14.1. The predicted octanol–water partition coefficient (Wildman–Crippen LogP) is 3.08. The van der Waals surface area contributed by atoms with Gasteiger partial charge in [-0.15, -0.1) is 11.3 Å². The standard InChI is InChI=1S/C15H12F2N4O2S/c1-21-6-8(5-18-21)19-14(22)12-7-24-15(20-12)13-10(16)3-9(23-2)4-11(13)17/h3-7H,1-2H3,(H,19,22). The molecule has 9 heteroatoms. The van der Waals surface area contributed by atoms with E-state index in [2.05, 4.69) is 15.4 Å². The Morgan fingerprint density at radius 1 is 1.33 bits per heavy atom. The minimum Gasteiger partial charge on any atom is -0.497 e. The van der Waals surface area contributed by atoms with Crippen molar-refractivity contribution in [2.75, 3.05) is 12.4 Å². The van der Waals surface area contributed by atoms with Gasteiger partial charge >= 0.3 is 0 Å². The lowest BCUT2D eigenvalue weighted by atomic mass is 10.2. The van der Waals surface area contributed by atoms with Crippen molar-refractivity contribution in [2.45, 2.75) is 0 Å².